The van der Waals surface area contributed by atoms with E-state index >= 15 is 0 Å². The van der Waals surface area contributed by atoms with Crippen molar-refractivity contribution < 1.29 is 13.2 Å². The molecule has 0 radical (unpaired) electrons. The molecule has 1 aliphatic heterocycles. The van der Waals surface area contributed by atoms with Crippen LogP contribution in [0.4, 0.5) is 13.2 Å². The highest BCUT2D eigenvalue weighted by molar-refractivity contribution is 7.99. The van der Waals surface area contributed by atoms with Crippen LogP contribution >= 0.6 is 11.8 Å². The molecule has 0 amide bonds. The smallest absolute Gasteiger partial charge is 0.272 e. The highest BCUT2D eigenvalue weighted by Crippen LogP contribution is 2.40. The van der Waals surface area contributed by atoms with E-state index in [9.17, 15) is 13.2 Å². The number of rotatable bonds is 2. The van der Waals surface area contributed by atoms with Crippen molar-refractivity contribution in [3.8, 4) is 0 Å². The molecule has 2 heterocycles. The highest BCUT2D eigenvalue weighted by Gasteiger charge is 2.34. The fourth-order valence-corrected chi connectivity index (χ4v) is 3.46. The van der Waals surface area contributed by atoms with Gasteiger partial charge in [-0.1, -0.05) is 18.2 Å². The molecule has 6 heteroatoms. The average Bonchev–Trinajstić information content (AvgIpc) is 2.97. The summed E-state index contributed by atoms with van der Waals surface area (Å²) < 4.78 is 38.8. The summed E-state index contributed by atoms with van der Waals surface area (Å²) in [4.78, 5) is 1.22. The number of fused-ring (bicyclic) bond motifs is 1. The Bertz CT molecular complexity index is 592. The largest absolute Gasteiger partial charge is 0.435 e. The first-order chi connectivity index (χ1) is 9.04. The SMILES string of the molecule is FC(F)(F)c1ccn(CC2CSc3ccccc32)n1. The van der Waals surface area contributed by atoms with Crippen molar-refractivity contribution >= 4 is 11.8 Å². The molecule has 0 fully saturated rings. The van der Waals surface area contributed by atoms with Crippen molar-refractivity contribution in [3.63, 3.8) is 0 Å². The average molecular weight is 284 g/mol. The van der Waals surface area contributed by atoms with Gasteiger partial charge in [0.25, 0.3) is 0 Å². The highest BCUT2D eigenvalue weighted by atomic mass is 32.2. The summed E-state index contributed by atoms with van der Waals surface area (Å²) in [5.41, 5.74) is 0.378. The van der Waals surface area contributed by atoms with Crippen LogP contribution in [-0.2, 0) is 12.7 Å². The van der Waals surface area contributed by atoms with Crippen LogP contribution in [0.5, 0.6) is 0 Å². The van der Waals surface area contributed by atoms with Crippen LogP contribution in [0.3, 0.4) is 0 Å². The first-order valence-corrected chi connectivity index (χ1v) is 6.85. The van der Waals surface area contributed by atoms with Crippen LogP contribution in [0.15, 0.2) is 41.4 Å². The van der Waals surface area contributed by atoms with E-state index in [4.69, 9.17) is 0 Å². The van der Waals surface area contributed by atoms with E-state index in [0.29, 0.717) is 6.54 Å². The fraction of sp³-hybridized carbons (Fsp3) is 0.308. The normalized spacial score (nSPS) is 18.6. The van der Waals surface area contributed by atoms with E-state index in [0.717, 1.165) is 11.8 Å². The van der Waals surface area contributed by atoms with Crippen LogP contribution in [0, 0.1) is 0 Å². The van der Waals surface area contributed by atoms with Gasteiger partial charge in [-0.15, -0.1) is 11.8 Å². The van der Waals surface area contributed by atoms with Crippen molar-refractivity contribution in [1.82, 2.24) is 9.78 Å². The van der Waals surface area contributed by atoms with Gasteiger partial charge in [-0.3, -0.25) is 4.68 Å². The molecule has 100 valence electrons. The first-order valence-electron chi connectivity index (χ1n) is 5.86. The predicted molar refractivity (Wildman–Crippen MR) is 67.1 cm³/mol. The van der Waals surface area contributed by atoms with Gasteiger partial charge in [-0.05, 0) is 17.7 Å². The van der Waals surface area contributed by atoms with Crippen molar-refractivity contribution in [1.29, 1.82) is 0 Å². The van der Waals surface area contributed by atoms with Crippen molar-refractivity contribution in [2.45, 2.75) is 23.5 Å². The van der Waals surface area contributed by atoms with E-state index in [1.165, 1.54) is 21.3 Å². The summed E-state index contributed by atoms with van der Waals surface area (Å²) in [5, 5.41) is 3.60. The molecule has 0 saturated carbocycles. The van der Waals surface area contributed by atoms with Gasteiger partial charge in [-0.25, -0.2) is 0 Å². The molecule has 0 bridgehead atoms. The molecule has 2 nitrogen and oxygen atoms in total. The van der Waals surface area contributed by atoms with Gasteiger partial charge in [0.15, 0.2) is 5.69 Å². The zero-order valence-electron chi connectivity index (χ0n) is 9.89. The number of halogens is 3. The lowest BCUT2D eigenvalue weighted by Gasteiger charge is -2.10. The summed E-state index contributed by atoms with van der Waals surface area (Å²) >= 11 is 1.74. The number of hydrogen-bond donors (Lipinski definition) is 0. The van der Waals surface area contributed by atoms with E-state index in [1.54, 1.807) is 11.8 Å². The second-order valence-electron chi connectivity index (χ2n) is 4.47. The Hall–Kier alpha value is -1.43. The maximum absolute atomic E-state index is 12.5. The number of nitrogens with zero attached hydrogens (tertiary/aromatic N) is 2. The Morgan fingerprint density at radius 3 is 2.79 bits per heavy atom. The summed E-state index contributed by atoms with van der Waals surface area (Å²) in [5.74, 6) is 1.11. The molecule has 3 rings (SSSR count). The Kier molecular flexibility index (Phi) is 3.05. The molecule has 0 saturated heterocycles. The van der Waals surface area contributed by atoms with Crippen molar-refractivity contribution in [2.75, 3.05) is 5.75 Å². The molecule has 1 aromatic carbocycles. The molecule has 1 aliphatic rings. The second kappa shape index (κ2) is 4.59. The summed E-state index contributed by atoms with van der Waals surface area (Å²) in [7, 11) is 0. The maximum atomic E-state index is 12.5. The minimum atomic E-state index is -4.37. The van der Waals surface area contributed by atoms with Crippen LogP contribution < -0.4 is 0 Å². The number of hydrogen-bond acceptors (Lipinski definition) is 2. The third-order valence-electron chi connectivity index (χ3n) is 3.14. The minimum Gasteiger partial charge on any atom is -0.272 e. The monoisotopic (exact) mass is 284 g/mol. The Morgan fingerprint density at radius 1 is 1.26 bits per heavy atom. The predicted octanol–water partition coefficient (Wildman–Crippen LogP) is 3.79. The lowest BCUT2D eigenvalue weighted by atomic mass is 10.0. The third-order valence-corrected chi connectivity index (χ3v) is 4.39. The van der Waals surface area contributed by atoms with Gasteiger partial charge in [0.1, 0.15) is 0 Å². The van der Waals surface area contributed by atoms with E-state index in [1.807, 2.05) is 24.3 Å². The molecular formula is C13H11F3N2S. The first kappa shape index (κ1) is 12.6. The third kappa shape index (κ3) is 2.49. The molecule has 0 N–H and O–H groups in total. The molecule has 2 aromatic rings. The molecule has 1 atom stereocenters. The van der Waals surface area contributed by atoms with E-state index in [2.05, 4.69) is 5.10 Å². The maximum Gasteiger partial charge on any atom is 0.435 e. The van der Waals surface area contributed by atoms with Gasteiger partial charge in [0.2, 0.25) is 0 Å². The summed E-state index contributed by atoms with van der Waals surface area (Å²) in [6, 6.07) is 9.04. The van der Waals surface area contributed by atoms with Gasteiger partial charge in [0, 0.05) is 29.3 Å². The molecule has 1 unspecified atom stereocenters. The van der Waals surface area contributed by atoms with Crippen LogP contribution in [-0.4, -0.2) is 15.5 Å². The summed E-state index contributed by atoms with van der Waals surface area (Å²) in [6.07, 6.45) is -2.97. The van der Waals surface area contributed by atoms with E-state index in [-0.39, 0.29) is 5.92 Å². The zero-order chi connectivity index (χ0) is 13.5. The Morgan fingerprint density at radius 2 is 2.05 bits per heavy atom. The fourth-order valence-electron chi connectivity index (χ4n) is 2.22. The van der Waals surface area contributed by atoms with Crippen molar-refractivity contribution in [3.05, 3.63) is 47.8 Å². The van der Waals surface area contributed by atoms with Crippen LogP contribution in [0.2, 0.25) is 0 Å². The Balaban J connectivity index is 1.78. The van der Waals surface area contributed by atoms with Gasteiger partial charge < -0.3 is 0 Å². The topological polar surface area (TPSA) is 17.8 Å². The number of aromatic nitrogens is 2. The summed E-state index contributed by atoms with van der Waals surface area (Å²) in [6.45, 7) is 0.486. The second-order valence-corrected chi connectivity index (χ2v) is 5.53. The lowest BCUT2D eigenvalue weighted by molar-refractivity contribution is -0.141. The van der Waals surface area contributed by atoms with Gasteiger partial charge >= 0.3 is 6.18 Å². The molecule has 0 aliphatic carbocycles. The van der Waals surface area contributed by atoms with Crippen LogP contribution in [0.1, 0.15) is 17.2 Å². The Labute approximate surface area is 112 Å². The van der Waals surface area contributed by atoms with E-state index < -0.39 is 11.9 Å². The quantitative estimate of drug-likeness (QED) is 0.835. The number of benzene rings is 1. The lowest BCUT2D eigenvalue weighted by Crippen LogP contribution is -2.12. The van der Waals surface area contributed by atoms with Gasteiger partial charge in [0.05, 0.1) is 0 Å². The molecule has 1 aromatic heterocycles. The minimum absolute atomic E-state index is 0.224. The zero-order valence-corrected chi connectivity index (χ0v) is 10.7. The number of alkyl halides is 3. The van der Waals surface area contributed by atoms with Crippen LogP contribution in [0.25, 0.3) is 0 Å². The number of thioether (sulfide) groups is 1. The molecular weight excluding hydrogens is 273 g/mol. The van der Waals surface area contributed by atoms with Crippen molar-refractivity contribution in [2.24, 2.45) is 0 Å². The standard InChI is InChI=1S/C13H11F3N2S/c14-13(15,16)12-5-6-18(17-12)7-9-8-19-11-4-2-1-3-10(9)11/h1-6,9H,7-8H2. The van der Waals surface area contributed by atoms with Gasteiger partial charge in [-0.2, -0.15) is 18.3 Å². The molecule has 0 spiro atoms. The molecule has 19 heavy (non-hydrogen) atoms.